The van der Waals surface area contributed by atoms with E-state index in [9.17, 15) is 21.9 Å². The highest BCUT2D eigenvalue weighted by Gasteiger charge is 2.43. The zero-order valence-electron chi connectivity index (χ0n) is 8.53. The summed E-state index contributed by atoms with van der Waals surface area (Å²) >= 11 is 0. The van der Waals surface area contributed by atoms with Crippen molar-refractivity contribution in [2.24, 2.45) is 0 Å². The first-order valence-electron chi connectivity index (χ1n) is 4.95. The fraction of sp³-hybridized carbons (Fsp3) is 1.00. The molecular formula is C7H14N2O5S2. The lowest BCUT2D eigenvalue weighted by Crippen LogP contribution is -2.44. The Kier molecular flexibility index (Phi) is 2.99. The van der Waals surface area contributed by atoms with Crippen LogP contribution in [-0.2, 0) is 19.9 Å². The van der Waals surface area contributed by atoms with Gasteiger partial charge in [0.15, 0.2) is 16.2 Å². The first kappa shape index (κ1) is 12.2. The van der Waals surface area contributed by atoms with Crippen LogP contribution in [0, 0.1) is 0 Å². The predicted octanol–water partition coefficient (Wildman–Crippen LogP) is -2.32. The van der Waals surface area contributed by atoms with E-state index in [2.05, 4.69) is 5.32 Å². The number of sulfonamides is 1. The Morgan fingerprint density at radius 3 is 2.50 bits per heavy atom. The highest BCUT2D eigenvalue weighted by Crippen LogP contribution is 2.23. The zero-order valence-corrected chi connectivity index (χ0v) is 10.2. The first-order valence-corrected chi connectivity index (χ1v) is 8.28. The van der Waals surface area contributed by atoms with E-state index in [1.54, 1.807) is 0 Å². The lowest BCUT2D eigenvalue weighted by molar-refractivity contribution is 0.0751. The van der Waals surface area contributed by atoms with Crippen molar-refractivity contribution in [3.63, 3.8) is 0 Å². The van der Waals surface area contributed by atoms with Crippen molar-refractivity contribution in [1.82, 2.24) is 9.62 Å². The Balaban J connectivity index is 2.20. The summed E-state index contributed by atoms with van der Waals surface area (Å²) < 4.78 is 47.4. The Hall–Kier alpha value is -0.220. The van der Waals surface area contributed by atoms with Gasteiger partial charge in [-0.05, 0) is 6.42 Å². The maximum absolute atomic E-state index is 12.0. The van der Waals surface area contributed by atoms with Crippen molar-refractivity contribution in [2.75, 3.05) is 24.6 Å². The number of nitrogens with zero attached hydrogens (tertiary/aromatic N) is 1. The maximum atomic E-state index is 12.0. The summed E-state index contributed by atoms with van der Waals surface area (Å²) in [7, 11) is -6.95. The van der Waals surface area contributed by atoms with Crippen LogP contribution in [0.3, 0.4) is 0 Å². The van der Waals surface area contributed by atoms with E-state index in [0.717, 1.165) is 4.31 Å². The lowest BCUT2D eigenvalue weighted by atomic mass is 10.4. The molecule has 0 spiro atoms. The molecule has 0 amide bonds. The molecule has 16 heavy (non-hydrogen) atoms. The molecular weight excluding hydrogens is 256 g/mol. The van der Waals surface area contributed by atoms with Gasteiger partial charge in [0.05, 0.1) is 16.8 Å². The van der Waals surface area contributed by atoms with E-state index in [0.29, 0.717) is 6.54 Å². The molecule has 0 aromatic heterocycles. The number of sulfone groups is 1. The average molecular weight is 270 g/mol. The molecule has 0 aromatic carbocycles. The zero-order chi connectivity index (χ0) is 12.0. The van der Waals surface area contributed by atoms with Crippen molar-refractivity contribution < 1.29 is 21.9 Å². The number of nitrogens with one attached hydrogen (secondary N) is 1. The Labute approximate surface area is 94.4 Å². The third kappa shape index (κ3) is 2.09. The Morgan fingerprint density at radius 1 is 1.38 bits per heavy atom. The highest BCUT2D eigenvalue weighted by molar-refractivity contribution is 7.95. The minimum absolute atomic E-state index is 0.0890. The van der Waals surface area contributed by atoms with E-state index in [-0.39, 0.29) is 24.5 Å². The van der Waals surface area contributed by atoms with Crippen LogP contribution in [0.1, 0.15) is 6.42 Å². The molecule has 2 atom stereocenters. The molecule has 7 nitrogen and oxygen atoms in total. The van der Waals surface area contributed by atoms with Crippen LogP contribution >= 0.6 is 0 Å². The molecule has 2 fully saturated rings. The van der Waals surface area contributed by atoms with E-state index >= 15 is 0 Å². The van der Waals surface area contributed by atoms with Gasteiger partial charge in [-0.2, -0.15) is 4.31 Å². The molecule has 2 aliphatic heterocycles. The average Bonchev–Trinajstić information content (AvgIpc) is 2.72. The van der Waals surface area contributed by atoms with Crippen molar-refractivity contribution in [1.29, 1.82) is 0 Å². The van der Waals surface area contributed by atoms with E-state index in [1.807, 2.05) is 0 Å². The summed E-state index contributed by atoms with van der Waals surface area (Å²) in [5.41, 5.74) is 0. The molecule has 0 saturated carbocycles. The standard InChI is InChI=1S/C7H14N2O5S2/c10-7-8-2-3-9(7)16(13,14)6-1-4-15(11,12)5-6/h6-8,10H,1-5H2/t6-,7-/m1/s1. The summed E-state index contributed by atoms with van der Waals surface area (Å²) in [4.78, 5) is 0. The fourth-order valence-corrected chi connectivity index (χ4v) is 6.48. The van der Waals surface area contributed by atoms with Crippen LogP contribution in [0.2, 0.25) is 0 Å². The summed E-state index contributed by atoms with van der Waals surface area (Å²) in [5, 5.41) is 11.1. The van der Waals surface area contributed by atoms with Crippen molar-refractivity contribution >= 4 is 19.9 Å². The van der Waals surface area contributed by atoms with Gasteiger partial charge in [0, 0.05) is 13.1 Å². The summed E-state index contributed by atoms with van der Waals surface area (Å²) in [6.45, 7) is 0.555. The molecule has 0 radical (unpaired) electrons. The minimum atomic E-state index is -3.72. The van der Waals surface area contributed by atoms with Crippen LogP contribution in [0.15, 0.2) is 0 Å². The third-order valence-corrected chi connectivity index (χ3v) is 7.13. The maximum Gasteiger partial charge on any atom is 0.221 e. The van der Waals surface area contributed by atoms with Gasteiger partial charge in [-0.1, -0.05) is 0 Å². The molecule has 2 rings (SSSR count). The van der Waals surface area contributed by atoms with Gasteiger partial charge in [0.25, 0.3) is 0 Å². The van der Waals surface area contributed by atoms with Gasteiger partial charge in [0.1, 0.15) is 0 Å². The largest absolute Gasteiger partial charge is 0.364 e. The second-order valence-corrected chi connectivity index (χ2v) is 8.40. The second-order valence-electron chi connectivity index (χ2n) is 4.01. The first-order chi connectivity index (χ1) is 7.33. The molecule has 94 valence electrons. The van der Waals surface area contributed by atoms with Crippen molar-refractivity contribution in [3.8, 4) is 0 Å². The Bertz CT molecular complexity index is 471. The van der Waals surface area contributed by atoms with E-state index < -0.39 is 31.5 Å². The summed E-state index contributed by atoms with van der Waals surface area (Å²) in [6, 6.07) is 0. The quantitative estimate of drug-likeness (QED) is 0.584. The number of hydrogen-bond donors (Lipinski definition) is 2. The number of aliphatic hydroxyl groups excluding tert-OH is 1. The topological polar surface area (TPSA) is 104 Å². The smallest absolute Gasteiger partial charge is 0.221 e. The molecule has 0 bridgehead atoms. The highest BCUT2D eigenvalue weighted by atomic mass is 32.2. The van der Waals surface area contributed by atoms with E-state index in [1.165, 1.54) is 0 Å². The monoisotopic (exact) mass is 270 g/mol. The predicted molar refractivity (Wildman–Crippen MR) is 56.7 cm³/mol. The fourth-order valence-electron chi connectivity index (χ4n) is 1.98. The SMILES string of the molecule is O=S1(=O)CC[C@@H](S(=O)(=O)N2CCN[C@H]2O)C1. The molecule has 0 aromatic rings. The third-order valence-electron chi connectivity index (χ3n) is 2.87. The van der Waals surface area contributed by atoms with Gasteiger partial charge in [-0.25, -0.2) is 16.8 Å². The normalized spacial score (nSPS) is 35.6. The van der Waals surface area contributed by atoms with E-state index in [4.69, 9.17) is 0 Å². The van der Waals surface area contributed by atoms with Crippen molar-refractivity contribution in [2.45, 2.75) is 18.0 Å². The molecule has 9 heteroatoms. The summed E-state index contributed by atoms with van der Waals surface area (Å²) in [5.74, 6) is -0.424. The number of rotatable bonds is 2. The second kappa shape index (κ2) is 3.91. The van der Waals surface area contributed by atoms with Gasteiger partial charge in [0.2, 0.25) is 10.0 Å². The van der Waals surface area contributed by atoms with Gasteiger partial charge < -0.3 is 5.11 Å². The van der Waals surface area contributed by atoms with Crippen LogP contribution in [0.4, 0.5) is 0 Å². The molecule has 2 aliphatic rings. The van der Waals surface area contributed by atoms with Crippen LogP contribution in [0.5, 0.6) is 0 Å². The molecule has 0 unspecified atom stereocenters. The minimum Gasteiger partial charge on any atom is -0.364 e. The Morgan fingerprint density at radius 2 is 2.06 bits per heavy atom. The van der Waals surface area contributed by atoms with Gasteiger partial charge in [-0.3, -0.25) is 5.32 Å². The van der Waals surface area contributed by atoms with Crippen LogP contribution in [-0.4, -0.2) is 62.4 Å². The molecule has 0 aliphatic carbocycles. The molecule has 2 N–H and O–H groups in total. The van der Waals surface area contributed by atoms with Gasteiger partial charge in [-0.15, -0.1) is 0 Å². The number of aliphatic hydroxyl groups is 1. The van der Waals surface area contributed by atoms with Gasteiger partial charge >= 0.3 is 0 Å². The van der Waals surface area contributed by atoms with Crippen LogP contribution < -0.4 is 5.32 Å². The van der Waals surface area contributed by atoms with Crippen LogP contribution in [0.25, 0.3) is 0 Å². The molecule has 2 saturated heterocycles. The number of hydrogen-bond acceptors (Lipinski definition) is 6. The molecule has 2 heterocycles. The summed E-state index contributed by atoms with van der Waals surface area (Å²) in [6.07, 6.45) is -1.11. The van der Waals surface area contributed by atoms with Crippen molar-refractivity contribution in [3.05, 3.63) is 0 Å². The lowest BCUT2D eigenvalue weighted by Gasteiger charge is -2.22.